The maximum atomic E-state index is 9.00. The number of hydrazine groups is 1. The number of hydrogen-bond acceptors (Lipinski definition) is 5. The number of nitrogen functional groups attached to an aromatic ring is 1. The molecule has 0 aliphatic rings. The number of nitrogens with zero attached hydrogens (tertiary/aromatic N) is 2. The first-order valence-electron chi connectivity index (χ1n) is 5.13. The zero-order chi connectivity index (χ0) is 13.0. The second-order valence-corrected chi connectivity index (χ2v) is 3.92. The van der Waals surface area contributed by atoms with Gasteiger partial charge in [0, 0.05) is 5.02 Å². The molecule has 90 valence electrons. The van der Waals surface area contributed by atoms with Crippen LogP contribution >= 0.6 is 11.6 Å². The van der Waals surface area contributed by atoms with Crippen LogP contribution in [0, 0.1) is 11.3 Å². The van der Waals surface area contributed by atoms with E-state index in [2.05, 4.69) is 21.8 Å². The summed E-state index contributed by atoms with van der Waals surface area (Å²) in [6.07, 6.45) is 0. The van der Waals surface area contributed by atoms with Crippen molar-refractivity contribution in [1.29, 1.82) is 5.26 Å². The first-order chi connectivity index (χ1) is 8.72. The van der Waals surface area contributed by atoms with Crippen LogP contribution in [0.5, 0.6) is 0 Å². The fraction of sp³-hybridized carbons (Fsp3) is 0. The molecule has 18 heavy (non-hydrogen) atoms. The Morgan fingerprint density at radius 1 is 1.22 bits per heavy atom. The van der Waals surface area contributed by atoms with E-state index in [9.17, 15) is 0 Å². The number of hydrogen-bond donors (Lipinski definition) is 3. The number of nitriles is 1. The van der Waals surface area contributed by atoms with Crippen molar-refractivity contribution < 1.29 is 0 Å². The lowest BCUT2D eigenvalue weighted by Gasteiger charge is -2.09. The summed E-state index contributed by atoms with van der Waals surface area (Å²) < 4.78 is 0. The van der Waals surface area contributed by atoms with Crippen LogP contribution in [0.2, 0.25) is 5.02 Å². The molecule has 0 radical (unpaired) electrons. The number of nitrogens with one attached hydrogen (secondary N) is 2. The van der Waals surface area contributed by atoms with Gasteiger partial charge in [-0.25, -0.2) is 10.8 Å². The third-order valence-corrected chi connectivity index (χ3v) is 2.50. The molecule has 0 unspecified atom stereocenters. The summed E-state index contributed by atoms with van der Waals surface area (Å²) in [6.45, 7) is 0. The Morgan fingerprint density at radius 2 is 2.00 bits per heavy atom. The van der Waals surface area contributed by atoms with Gasteiger partial charge in [-0.3, -0.25) is 0 Å². The summed E-state index contributed by atoms with van der Waals surface area (Å²) in [6, 6.07) is 12.4. The number of halogens is 1. The van der Waals surface area contributed by atoms with Gasteiger partial charge in [-0.2, -0.15) is 5.26 Å². The molecule has 2 aromatic rings. The van der Waals surface area contributed by atoms with Gasteiger partial charge in [0.05, 0.1) is 11.3 Å². The molecule has 6 heteroatoms. The Morgan fingerprint density at radius 3 is 2.72 bits per heavy atom. The fourth-order valence-corrected chi connectivity index (χ4v) is 1.61. The van der Waals surface area contributed by atoms with E-state index in [1.165, 1.54) is 0 Å². The predicted octanol–water partition coefficient (Wildman–Crippen LogP) is 2.64. The summed E-state index contributed by atoms with van der Waals surface area (Å²) in [5, 5.41) is 12.6. The van der Waals surface area contributed by atoms with Crippen LogP contribution in [0.1, 0.15) is 5.56 Å². The van der Waals surface area contributed by atoms with Gasteiger partial charge in [-0.15, -0.1) is 0 Å². The first kappa shape index (κ1) is 12.2. The van der Waals surface area contributed by atoms with Crippen LogP contribution in [0.3, 0.4) is 0 Å². The van der Waals surface area contributed by atoms with Gasteiger partial charge in [0.1, 0.15) is 17.7 Å². The van der Waals surface area contributed by atoms with E-state index in [4.69, 9.17) is 22.7 Å². The molecular formula is C12H10ClN5. The van der Waals surface area contributed by atoms with Crippen LogP contribution in [0.25, 0.3) is 0 Å². The Hall–Kier alpha value is -2.29. The number of anilines is 3. The van der Waals surface area contributed by atoms with Crippen molar-refractivity contribution in [3.63, 3.8) is 0 Å². The lowest BCUT2D eigenvalue weighted by molar-refractivity contribution is 1.22. The average molecular weight is 260 g/mol. The molecule has 0 saturated heterocycles. The molecule has 2 rings (SSSR count). The summed E-state index contributed by atoms with van der Waals surface area (Å²) in [5.74, 6) is 6.38. The molecule has 0 bridgehead atoms. The monoisotopic (exact) mass is 259 g/mol. The minimum absolute atomic E-state index is 0.493. The van der Waals surface area contributed by atoms with E-state index in [1.807, 2.05) is 0 Å². The van der Waals surface area contributed by atoms with Crippen molar-refractivity contribution >= 4 is 28.9 Å². The average Bonchev–Trinajstić information content (AvgIpc) is 2.39. The third kappa shape index (κ3) is 2.69. The molecule has 4 N–H and O–H groups in total. The second kappa shape index (κ2) is 5.36. The zero-order valence-corrected chi connectivity index (χ0v) is 10.1. The number of rotatable bonds is 3. The zero-order valence-electron chi connectivity index (χ0n) is 9.31. The topological polar surface area (TPSA) is 86.8 Å². The van der Waals surface area contributed by atoms with Crippen molar-refractivity contribution in [2.45, 2.75) is 0 Å². The van der Waals surface area contributed by atoms with Gasteiger partial charge in [0.15, 0.2) is 0 Å². The summed E-state index contributed by atoms with van der Waals surface area (Å²) in [4.78, 5) is 4.19. The SMILES string of the molecule is N#Cc1ccc(Cl)cc1Nc1cccc(NN)n1. The molecule has 0 aliphatic heterocycles. The van der Waals surface area contributed by atoms with Gasteiger partial charge in [-0.1, -0.05) is 17.7 Å². The van der Waals surface area contributed by atoms with Crippen molar-refractivity contribution in [3.8, 4) is 6.07 Å². The van der Waals surface area contributed by atoms with Gasteiger partial charge in [0.25, 0.3) is 0 Å². The van der Waals surface area contributed by atoms with Crippen molar-refractivity contribution in [3.05, 3.63) is 47.0 Å². The van der Waals surface area contributed by atoms with E-state index in [1.54, 1.807) is 36.4 Å². The summed E-state index contributed by atoms with van der Waals surface area (Å²) in [5.41, 5.74) is 3.55. The summed E-state index contributed by atoms with van der Waals surface area (Å²) >= 11 is 5.90. The van der Waals surface area contributed by atoms with E-state index < -0.39 is 0 Å². The highest BCUT2D eigenvalue weighted by Crippen LogP contribution is 2.23. The molecule has 0 amide bonds. The quantitative estimate of drug-likeness (QED) is 0.583. The third-order valence-electron chi connectivity index (χ3n) is 2.26. The molecule has 0 spiro atoms. The predicted molar refractivity (Wildman–Crippen MR) is 71.5 cm³/mol. The van der Waals surface area contributed by atoms with Gasteiger partial charge in [0.2, 0.25) is 0 Å². The highest BCUT2D eigenvalue weighted by atomic mass is 35.5. The Kier molecular flexibility index (Phi) is 3.63. The molecule has 0 atom stereocenters. The van der Waals surface area contributed by atoms with Crippen LogP contribution in [-0.2, 0) is 0 Å². The number of aromatic nitrogens is 1. The number of benzene rings is 1. The molecule has 0 aliphatic carbocycles. The van der Waals surface area contributed by atoms with Crippen molar-refractivity contribution in [1.82, 2.24) is 4.98 Å². The Bertz CT molecular complexity index is 606. The van der Waals surface area contributed by atoms with Crippen molar-refractivity contribution in [2.24, 2.45) is 5.84 Å². The maximum Gasteiger partial charge on any atom is 0.142 e. The minimum Gasteiger partial charge on any atom is -0.339 e. The second-order valence-electron chi connectivity index (χ2n) is 3.48. The highest BCUT2D eigenvalue weighted by molar-refractivity contribution is 6.30. The molecular weight excluding hydrogens is 250 g/mol. The van der Waals surface area contributed by atoms with Crippen LogP contribution in [-0.4, -0.2) is 4.98 Å². The summed E-state index contributed by atoms with van der Waals surface area (Å²) in [7, 11) is 0. The first-order valence-corrected chi connectivity index (χ1v) is 5.51. The van der Waals surface area contributed by atoms with Crippen LogP contribution < -0.4 is 16.6 Å². The normalized spacial score (nSPS) is 9.61. The van der Waals surface area contributed by atoms with Crippen LogP contribution in [0.4, 0.5) is 17.3 Å². The Labute approximate surface area is 109 Å². The van der Waals surface area contributed by atoms with Crippen molar-refractivity contribution in [2.75, 3.05) is 10.7 Å². The molecule has 0 saturated carbocycles. The van der Waals surface area contributed by atoms with Crippen LogP contribution in [0.15, 0.2) is 36.4 Å². The van der Waals surface area contributed by atoms with E-state index in [0.29, 0.717) is 27.9 Å². The maximum absolute atomic E-state index is 9.00. The molecule has 1 aromatic carbocycles. The largest absolute Gasteiger partial charge is 0.339 e. The minimum atomic E-state index is 0.493. The van der Waals surface area contributed by atoms with E-state index in [-0.39, 0.29) is 0 Å². The smallest absolute Gasteiger partial charge is 0.142 e. The van der Waals surface area contributed by atoms with Gasteiger partial charge >= 0.3 is 0 Å². The Balaban J connectivity index is 2.33. The standard InChI is InChI=1S/C12H10ClN5/c13-9-5-4-8(7-14)10(6-9)16-11-2-1-3-12(17-11)18-15/h1-6H,15H2,(H2,16,17,18). The molecule has 5 nitrogen and oxygen atoms in total. The molecule has 1 heterocycles. The lowest BCUT2D eigenvalue weighted by Crippen LogP contribution is -2.09. The van der Waals surface area contributed by atoms with E-state index in [0.717, 1.165) is 0 Å². The highest BCUT2D eigenvalue weighted by Gasteiger charge is 2.04. The fourth-order valence-electron chi connectivity index (χ4n) is 1.44. The van der Waals surface area contributed by atoms with E-state index >= 15 is 0 Å². The van der Waals surface area contributed by atoms with Gasteiger partial charge in [-0.05, 0) is 30.3 Å². The van der Waals surface area contributed by atoms with Gasteiger partial charge < -0.3 is 10.7 Å². The number of pyridine rings is 1. The molecule has 1 aromatic heterocycles. The number of nitrogens with two attached hydrogens (primary N) is 1. The molecule has 0 fully saturated rings. The lowest BCUT2D eigenvalue weighted by atomic mass is 10.2.